The van der Waals surface area contributed by atoms with Gasteiger partial charge in [0.05, 0.1) is 0 Å². The largest absolute Gasteiger partial charge is 0.364 e. The highest BCUT2D eigenvalue weighted by Gasteiger charge is 2.33. The average molecular weight is 326 g/mol. The van der Waals surface area contributed by atoms with Crippen molar-refractivity contribution < 1.29 is 4.79 Å². The van der Waals surface area contributed by atoms with Gasteiger partial charge in [-0.25, -0.2) is 0 Å². The normalized spacial score (nSPS) is 20.9. The summed E-state index contributed by atoms with van der Waals surface area (Å²) in [4.78, 5) is 19.8. The van der Waals surface area contributed by atoms with Gasteiger partial charge in [0.25, 0.3) is 5.91 Å². The van der Waals surface area contributed by atoms with E-state index in [2.05, 4.69) is 38.1 Å². The van der Waals surface area contributed by atoms with Crippen LogP contribution in [-0.2, 0) is 0 Å². The van der Waals surface area contributed by atoms with Gasteiger partial charge in [-0.1, -0.05) is 6.07 Å². The van der Waals surface area contributed by atoms with Crippen LogP contribution in [0.1, 0.15) is 28.5 Å². The molecule has 1 amide bonds. The maximum Gasteiger partial charge on any atom is 0.269 e. The van der Waals surface area contributed by atoms with Crippen molar-refractivity contribution in [2.75, 3.05) is 32.1 Å². The predicted molar refractivity (Wildman–Crippen MR) is 91.5 cm³/mol. The minimum Gasteiger partial charge on any atom is -0.364 e. The van der Waals surface area contributed by atoms with Crippen LogP contribution in [0.25, 0.3) is 0 Å². The molecule has 1 saturated heterocycles. The highest BCUT2D eigenvalue weighted by molar-refractivity contribution is 5.90. The number of nitrogens with two attached hydrogens (primary N) is 1. The van der Waals surface area contributed by atoms with Crippen LogP contribution in [0.3, 0.4) is 0 Å². The SMILES string of the molecule is CN(C[C@@H]1CCN(C)[C@H]1c1cccnc1)c1ccc(C(N)=O)nn1. The Kier molecular flexibility index (Phi) is 4.71. The van der Waals surface area contributed by atoms with E-state index in [1.807, 2.05) is 19.3 Å². The number of amides is 1. The van der Waals surface area contributed by atoms with E-state index in [1.54, 1.807) is 18.3 Å². The van der Waals surface area contributed by atoms with E-state index in [9.17, 15) is 4.79 Å². The first-order valence-electron chi connectivity index (χ1n) is 8.01. The number of rotatable bonds is 5. The summed E-state index contributed by atoms with van der Waals surface area (Å²) in [5.74, 6) is 0.645. The van der Waals surface area contributed by atoms with Crippen molar-refractivity contribution in [3.8, 4) is 0 Å². The van der Waals surface area contributed by atoms with Gasteiger partial charge in [0.2, 0.25) is 0 Å². The van der Waals surface area contributed by atoms with Crippen LogP contribution >= 0.6 is 0 Å². The summed E-state index contributed by atoms with van der Waals surface area (Å²) in [6, 6.07) is 7.86. The molecule has 0 bridgehead atoms. The quantitative estimate of drug-likeness (QED) is 0.885. The maximum atomic E-state index is 11.1. The van der Waals surface area contributed by atoms with Gasteiger partial charge in [-0.2, -0.15) is 0 Å². The molecular weight excluding hydrogens is 304 g/mol. The fourth-order valence-corrected chi connectivity index (χ4v) is 3.40. The highest BCUT2D eigenvalue weighted by atomic mass is 16.1. The zero-order chi connectivity index (χ0) is 17.1. The van der Waals surface area contributed by atoms with Gasteiger partial charge in [0.15, 0.2) is 11.5 Å². The van der Waals surface area contributed by atoms with Crippen LogP contribution in [-0.4, -0.2) is 53.2 Å². The summed E-state index contributed by atoms with van der Waals surface area (Å²) in [6.45, 7) is 1.92. The molecule has 2 atom stereocenters. The summed E-state index contributed by atoms with van der Waals surface area (Å²) in [5, 5.41) is 7.99. The number of hydrogen-bond acceptors (Lipinski definition) is 6. The van der Waals surface area contributed by atoms with Gasteiger partial charge in [0.1, 0.15) is 0 Å². The Bertz CT molecular complexity index is 690. The molecule has 3 heterocycles. The molecule has 7 nitrogen and oxygen atoms in total. The number of nitrogens with zero attached hydrogens (tertiary/aromatic N) is 5. The van der Waals surface area contributed by atoms with Crippen LogP contribution in [0.2, 0.25) is 0 Å². The molecule has 2 aromatic rings. The molecular formula is C17H22N6O. The van der Waals surface area contributed by atoms with Crippen molar-refractivity contribution in [1.82, 2.24) is 20.1 Å². The molecule has 0 saturated carbocycles. The minimum atomic E-state index is -0.564. The maximum absolute atomic E-state index is 11.1. The molecule has 7 heteroatoms. The number of hydrogen-bond donors (Lipinski definition) is 1. The standard InChI is InChI=1S/C17H22N6O/c1-22-9-7-13(16(22)12-4-3-8-19-10-12)11-23(2)15-6-5-14(17(18)24)20-21-15/h3-6,8,10,13,16H,7,9,11H2,1-2H3,(H2,18,24)/t13-,16-/m0/s1. The van der Waals surface area contributed by atoms with Crippen molar-refractivity contribution in [1.29, 1.82) is 0 Å². The lowest BCUT2D eigenvalue weighted by molar-refractivity contribution is 0.0994. The lowest BCUT2D eigenvalue weighted by atomic mass is 9.94. The summed E-state index contributed by atoms with van der Waals surface area (Å²) >= 11 is 0. The Labute approximate surface area is 141 Å². The molecule has 1 aliphatic rings. The third-order valence-electron chi connectivity index (χ3n) is 4.60. The van der Waals surface area contributed by atoms with E-state index in [4.69, 9.17) is 5.73 Å². The van der Waals surface area contributed by atoms with Gasteiger partial charge in [0, 0.05) is 32.0 Å². The molecule has 1 fully saturated rings. The number of carbonyl (C=O) groups is 1. The van der Waals surface area contributed by atoms with Crippen molar-refractivity contribution in [2.24, 2.45) is 11.7 Å². The monoisotopic (exact) mass is 326 g/mol. The first-order chi connectivity index (χ1) is 11.6. The molecule has 0 radical (unpaired) electrons. The fraction of sp³-hybridized carbons (Fsp3) is 0.412. The first-order valence-corrected chi connectivity index (χ1v) is 8.01. The molecule has 2 aromatic heterocycles. The van der Waals surface area contributed by atoms with Crippen LogP contribution in [0.4, 0.5) is 5.82 Å². The topological polar surface area (TPSA) is 88.2 Å². The summed E-state index contributed by atoms with van der Waals surface area (Å²) in [6.07, 6.45) is 4.86. The number of anilines is 1. The Balaban J connectivity index is 1.73. The van der Waals surface area contributed by atoms with Crippen molar-refractivity contribution in [3.63, 3.8) is 0 Å². The fourth-order valence-electron chi connectivity index (χ4n) is 3.40. The van der Waals surface area contributed by atoms with Gasteiger partial charge in [-0.15, -0.1) is 10.2 Å². The summed E-state index contributed by atoms with van der Waals surface area (Å²) in [7, 11) is 4.14. The number of likely N-dealkylation sites (tertiary alicyclic amines) is 1. The van der Waals surface area contributed by atoms with E-state index >= 15 is 0 Å². The van der Waals surface area contributed by atoms with E-state index in [1.165, 1.54) is 5.56 Å². The van der Waals surface area contributed by atoms with Crippen LogP contribution in [0, 0.1) is 5.92 Å². The first kappa shape index (κ1) is 16.3. The van der Waals surface area contributed by atoms with Crippen LogP contribution < -0.4 is 10.6 Å². The molecule has 126 valence electrons. The van der Waals surface area contributed by atoms with Gasteiger partial charge >= 0.3 is 0 Å². The number of primary amides is 1. The van der Waals surface area contributed by atoms with E-state index < -0.39 is 5.91 Å². The summed E-state index contributed by atoms with van der Waals surface area (Å²) in [5.41, 5.74) is 6.63. The molecule has 1 aliphatic heterocycles. The molecule has 0 unspecified atom stereocenters. The summed E-state index contributed by atoms with van der Waals surface area (Å²) < 4.78 is 0. The van der Waals surface area contributed by atoms with Crippen LogP contribution in [0.5, 0.6) is 0 Å². The molecule has 24 heavy (non-hydrogen) atoms. The number of pyridine rings is 1. The second-order valence-corrected chi connectivity index (χ2v) is 6.28. The molecule has 3 rings (SSSR count). The zero-order valence-corrected chi connectivity index (χ0v) is 14.0. The zero-order valence-electron chi connectivity index (χ0n) is 14.0. The highest BCUT2D eigenvalue weighted by Crippen LogP contribution is 2.36. The molecule has 2 N–H and O–H groups in total. The van der Waals surface area contributed by atoms with Gasteiger partial charge in [-0.05, 0) is 49.7 Å². The average Bonchev–Trinajstić information content (AvgIpc) is 2.96. The lowest BCUT2D eigenvalue weighted by Gasteiger charge is -2.29. The van der Waals surface area contributed by atoms with Crippen molar-refractivity contribution in [2.45, 2.75) is 12.5 Å². The van der Waals surface area contributed by atoms with E-state index in [0.717, 1.165) is 25.3 Å². The minimum absolute atomic E-state index is 0.181. The second-order valence-electron chi connectivity index (χ2n) is 6.28. The molecule has 0 aliphatic carbocycles. The van der Waals surface area contributed by atoms with Crippen LogP contribution in [0.15, 0.2) is 36.7 Å². The third kappa shape index (κ3) is 3.35. The van der Waals surface area contributed by atoms with Crippen molar-refractivity contribution in [3.05, 3.63) is 47.9 Å². The smallest absolute Gasteiger partial charge is 0.269 e. The Morgan fingerprint density at radius 2 is 2.21 bits per heavy atom. The van der Waals surface area contributed by atoms with E-state index in [0.29, 0.717) is 12.0 Å². The molecule has 0 spiro atoms. The van der Waals surface area contributed by atoms with E-state index in [-0.39, 0.29) is 5.69 Å². The molecule has 0 aromatic carbocycles. The Morgan fingerprint density at radius 3 is 2.83 bits per heavy atom. The van der Waals surface area contributed by atoms with Gasteiger partial charge < -0.3 is 10.6 Å². The van der Waals surface area contributed by atoms with Gasteiger partial charge in [-0.3, -0.25) is 14.7 Å². The lowest BCUT2D eigenvalue weighted by Crippen LogP contribution is -2.30. The Morgan fingerprint density at radius 1 is 1.38 bits per heavy atom. The van der Waals surface area contributed by atoms with Crippen molar-refractivity contribution >= 4 is 11.7 Å². The number of carbonyl (C=O) groups excluding carboxylic acids is 1. The number of aromatic nitrogens is 3. The predicted octanol–water partition coefficient (Wildman–Crippen LogP) is 1.10. The Hall–Kier alpha value is -2.54. The third-order valence-corrected chi connectivity index (χ3v) is 4.60. The second kappa shape index (κ2) is 6.92.